The van der Waals surface area contributed by atoms with Crippen molar-refractivity contribution in [3.05, 3.63) is 65.0 Å². The van der Waals surface area contributed by atoms with Gasteiger partial charge in [0, 0.05) is 24.5 Å². The Morgan fingerprint density at radius 3 is 2.60 bits per heavy atom. The zero-order valence-electron chi connectivity index (χ0n) is 11.3. The van der Waals surface area contributed by atoms with Crippen LogP contribution in [0.5, 0.6) is 5.75 Å². The van der Waals surface area contributed by atoms with Crippen molar-refractivity contribution in [1.82, 2.24) is 5.32 Å². The van der Waals surface area contributed by atoms with E-state index in [2.05, 4.69) is 5.32 Å². The van der Waals surface area contributed by atoms with Gasteiger partial charge < -0.3 is 10.1 Å². The van der Waals surface area contributed by atoms with Gasteiger partial charge in [0.05, 0.1) is 7.11 Å². The first-order chi connectivity index (χ1) is 9.74. The van der Waals surface area contributed by atoms with Gasteiger partial charge in [-0.1, -0.05) is 36.4 Å². The van der Waals surface area contributed by atoms with Crippen molar-refractivity contribution in [3.8, 4) is 5.75 Å². The van der Waals surface area contributed by atoms with Crippen molar-refractivity contribution in [1.29, 1.82) is 0 Å². The van der Waals surface area contributed by atoms with Crippen LogP contribution in [0.2, 0.25) is 0 Å². The molecule has 2 aromatic carbocycles. The number of hydrogen-bond acceptors (Lipinski definition) is 2. The predicted molar refractivity (Wildman–Crippen MR) is 79.5 cm³/mol. The molecule has 2 aromatic rings. The molecule has 4 heteroatoms. The van der Waals surface area contributed by atoms with Crippen molar-refractivity contribution in [2.45, 2.75) is 19.0 Å². The summed E-state index contributed by atoms with van der Waals surface area (Å²) >= 11 is 5.80. The zero-order valence-corrected chi connectivity index (χ0v) is 12.1. The van der Waals surface area contributed by atoms with Gasteiger partial charge in [-0.3, -0.25) is 0 Å². The van der Waals surface area contributed by atoms with Gasteiger partial charge in [0.25, 0.3) is 0 Å². The van der Waals surface area contributed by atoms with E-state index in [0.29, 0.717) is 24.5 Å². The minimum Gasteiger partial charge on any atom is -0.494 e. The lowest BCUT2D eigenvalue weighted by molar-refractivity contribution is 0.383. The molecule has 0 heterocycles. The Kier molecular flexibility index (Phi) is 5.39. The average molecular weight is 294 g/mol. The maximum Gasteiger partial charge on any atom is 0.169 e. The summed E-state index contributed by atoms with van der Waals surface area (Å²) in [6, 6.07) is 13.2. The van der Waals surface area contributed by atoms with Gasteiger partial charge in [-0.15, -0.1) is 11.6 Å². The summed E-state index contributed by atoms with van der Waals surface area (Å²) in [6.45, 7) is 1.12. The van der Waals surface area contributed by atoms with Gasteiger partial charge in [-0.2, -0.15) is 0 Å². The number of hydrogen-bond donors (Lipinski definition) is 1. The molecule has 0 aliphatic rings. The van der Waals surface area contributed by atoms with Crippen LogP contribution in [0.4, 0.5) is 4.39 Å². The molecule has 0 bridgehead atoms. The van der Waals surface area contributed by atoms with E-state index in [9.17, 15) is 4.39 Å². The number of nitrogens with one attached hydrogen (secondary N) is 1. The van der Waals surface area contributed by atoms with Crippen molar-refractivity contribution in [3.63, 3.8) is 0 Å². The second kappa shape index (κ2) is 7.27. The molecule has 0 fully saturated rings. The molecule has 0 saturated heterocycles. The van der Waals surface area contributed by atoms with Gasteiger partial charge >= 0.3 is 0 Å². The largest absolute Gasteiger partial charge is 0.494 e. The van der Waals surface area contributed by atoms with E-state index >= 15 is 0 Å². The fourth-order valence-corrected chi connectivity index (χ4v) is 2.18. The summed E-state index contributed by atoms with van der Waals surface area (Å²) in [5.74, 6) is 0.462. The van der Waals surface area contributed by atoms with E-state index < -0.39 is 0 Å². The number of rotatable bonds is 6. The van der Waals surface area contributed by atoms with Crippen LogP contribution in [-0.2, 0) is 19.0 Å². The lowest BCUT2D eigenvalue weighted by Crippen LogP contribution is -2.14. The van der Waals surface area contributed by atoms with Crippen LogP contribution in [0.1, 0.15) is 16.7 Å². The number of benzene rings is 2. The molecular formula is C16H17ClFNO. The molecular weight excluding hydrogens is 277 g/mol. The predicted octanol–water partition coefficient (Wildman–Crippen LogP) is 3.86. The van der Waals surface area contributed by atoms with Crippen LogP contribution in [0.15, 0.2) is 42.5 Å². The fourth-order valence-electron chi connectivity index (χ4n) is 2.01. The summed E-state index contributed by atoms with van der Waals surface area (Å²) in [6.07, 6.45) is 0. The number of ether oxygens (including phenoxy) is 1. The highest BCUT2D eigenvalue weighted by atomic mass is 35.5. The van der Waals surface area contributed by atoms with Crippen LogP contribution in [-0.4, -0.2) is 7.11 Å². The van der Waals surface area contributed by atoms with Gasteiger partial charge in [-0.05, 0) is 17.2 Å². The zero-order chi connectivity index (χ0) is 14.4. The Balaban J connectivity index is 1.96. The Morgan fingerprint density at radius 1 is 1.10 bits per heavy atom. The normalized spacial score (nSPS) is 10.6. The lowest BCUT2D eigenvalue weighted by atomic mass is 10.1. The van der Waals surface area contributed by atoms with Crippen LogP contribution in [0, 0.1) is 5.82 Å². The molecule has 0 aromatic heterocycles. The molecule has 1 N–H and O–H groups in total. The highest BCUT2D eigenvalue weighted by Crippen LogP contribution is 2.19. The standard InChI is InChI=1S/C16H17ClFNO/c1-20-15-7-3-6-14(16(15)18)11-19-10-13-5-2-4-12(8-13)9-17/h2-8,19H,9-11H2,1H3. The summed E-state index contributed by atoms with van der Waals surface area (Å²) in [4.78, 5) is 0. The molecule has 0 aliphatic carbocycles. The van der Waals surface area contributed by atoms with E-state index in [0.717, 1.165) is 11.1 Å². The second-order valence-electron chi connectivity index (χ2n) is 4.49. The van der Waals surface area contributed by atoms with Crippen molar-refractivity contribution in [2.75, 3.05) is 7.11 Å². The maximum atomic E-state index is 13.9. The molecule has 0 aliphatic heterocycles. The number of methoxy groups -OCH3 is 1. The van der Waals surface area contributed by atoms with Crippen molar-refractivity contribution < 1.29 is 9.13 Å². The average Bonchev–Trinajstić information content (AvgIpc) is 2.49. The highest BCUT2D eigenvalue weighted by molar-refractivity contribution is 6.17. The molecule has 20 heavy (non-hydrogen) atoms. The van der Waals surface area contributed by atoms with E-state index in [1.165, 1.54) is 7.11 Å². The van der Waals surface area contributed by atoms with E-state index in [1.807, 2.05) is 24.3 Å². The lowest BCUT2D eigenvalue weighted by Gasteiger charge is -2.09. The Morgan fingerprint density at radius 2 is 1.85 bits per heavy atom. The molecule has 2 nitrogen and oxygen atoms in total. The summed E-state index contributed by atoms with van der Waals surface area (Å²) in [7, 11) is 1.47. The van der Waals surface area contributed by atoms with Gasteiger partial charge in [-0.25, -0.2) is 4.39 Å². The molecule has 2 rings (SSSR count). The van der Waals surface area contributed by atoms with Crippen molar-refractivity contribution in [2.24, 2.45) is 0 Å². The molecule has 106 valence electrons. The number of halogens is 2. The third-order valence-corrected chi connectivity index (χ3v) is 3.36. The van der Waals surface area contributed by atoms with Crippen LogP contribution in [0.3, 0.4) is 0 Å². The van der Waals surface area contributed by atoms with Gasteiger partial charge in [0.2, 0.25) is 0 Å². The maximum absolute atomic E-state index is 13.9. The first-order valence-corrected chi connectivity index (χ1v) is 6.94. The fraction of sp³-hybridized carbons (Fsp3) is 0.250. The Bertz CT molecular complexity index is 574. The van der Waals surface area contributed by atoms with E-state index in [-0.39, 0.29) is 11.6 Å². The third kappa shape index (κ3) is 3.71. The molecule has 0 amide bonds. The number of alkyl halides is 1. The quantitative estimate of drug-likeness (QED) is 0.817. The summed E-state index contributed by atoms with van der Waals surface area (Å²) in [5, 5.41) is 3.22. The molecule has 0 spiro atoms. The van der Waals surface area contributed by atoms with E-state index in [1.54, 1.807) is 18.2 Å². The van der Waals surface area contributed by atoms with Crippen LogP contribution < -0.4 is 10.1 Å². The molecule has 0 saturated carbocycles. The van der Waals surface area contributed by atoms with E-state index in [4.69, 9.17) is 16.3 Å². The highest BCUT2D eigenvalue weighted by Gasteiger charge is 2.07. The first-order valence-electron chi connectivity index (χ1n) is 6.40. The smallest absolute Gasteiger partial charge is 0.169 e. The van der Waals surface area contributed by atoms with Gasteiger partial charge in [0.15, 0.2) is 11.6 Å². The Labute approximate surface area is 123 Å². The third-order valence-electron chi connectivity index (χ3n) is 3.05. The summed E-state index contributed by atoms with van der Waals surface area (Å²) in [5.41, 5.74) is 2.81. The molecule has 0 radical (unpaired) electrons. The van der Waals surface area contributed by atoms with Crippen LogP contribution >= 0.6 is 11.6 Å². The first kappa shape index (κ1) is 14.8. The summed E-state index contributed by atoms with van der Waals surface area (Å²) < 4.78 is 18.9. The minimum absolute atomic E-state index is 0.272. The van der Waals surface area contributed by atoms with Crippen molar-refractivity contribution >= 4 is 11.6 Å². The monoisotopic (exact) mass is 293 g/mol. The molecule has 0 unspecified atom stereocenters. The minimum atomic E-state index is -0.308. The second-order valence-corrected chi connectivity index (χ2v) is 4.76. The topological polar surface area (TPSA) is 21.3 Å². The van der Waals surface area contributed by atoms with Crippen LogP contribution in [0.25, 0.3) is 0 Å². The SMILES string of the molecule is COc1cccc(CNCc2cccc(CCl)c2)c1F. The molecule has 0 atom stereocenters. The van der Waals surface area contributed by atoms with Gasteiger partial charge in [0.1, 0.15) is 0 Å². The Hall–Kier alpha value is -1.58.